The van der Waals surface area contributed by atoms with Gasteiger partial charge in [0.25, 0.3) is 0 Å². The quantitative estimate of drug-likeness (QED) is 0.818. The topological polar surface area (TPSA) is 52.6 Å². The predicted molar refractivity (Wildman–Crippen MR) is 84.1 cm³/mol. The number of amides is 2. The first-order valence-corrected chi connectivity index (χ1v) is 7.52. The Balaban J connectivity index is 2.14. The fourth-order valence-corrected chi connectivity index (χ4v) is 2.92. The van der Waals surface area contributed by atoms with Gasteiger partial charge in [0.2, 0.25) is 0 Å². The smallest absolute Gasteiger partial charge is 0.318 e. The molecular formula is C17H24N2O2. The first-order valence-electron chi connectivity index (χ1n) is 7.52. The molecule has 0 bridgehead atoms. The molecule has 2 N–H and O–H groups in total. The van der Waals surface area contributed by atoms with Crippen LogP contribution in [0.4, 0.5) is 4.79 Å². The predicted octanol–water partition coefficient (Wildman–Crippen LogP) is 2.50. The van der Waals surface area contributed by atoms with Crippen molar-refractivity contribution in [3.8, 4) is 0 Å². The number of nitrogens with one attached hydrogen (secondary N) is 1. The van der Waals surface area contributed by atoms with Gasteiger partial charge >= 0.3 is 6.03 Å². The van der Waals surface area contributed by atoms with Gasteiger partial charge < -0.3 is 15.3 Å². The van der Waals surface area contributed by atoms with E-state index in [-0.39, 0.29) is 18.7 Å². The van der Waals surface area contributed by atoms with Gasteiger partial charge in [-0.2, -0.15) is 0 Å². The first kappa shape index (κ1) is 15.6. The molecule has 0 aromatic heterocycles. The third-order valence-electron chi connectivity index (χ3n) is 4.11. The van der Waals surface area contributed by atoms with E-state index < -0.39 is 0 Å². The Kier molecular flexibility index (Phi) is 5.39. The van der Waals surface area contributed by atoms with E-state index in [1.54, 1.807) is 11.0 Å². The summed E-state index contributed by atoms with van der Waals surface area (Å²) < 4.78 is 0. The number of hydrogen-bond acceptors (Lipinski definition) is 2. The van der Waals surface area contributed by atoms with Crippen LogP contribution in [0.15, 0.2) is 36.9 Å². The normalized spacial score (nSPS) is 20.5. The minimum absolute atomic E-state index is 0.0356. The minimum atomic E-state index is -0.141. The standard InChI is InChI=1S/C17H24N2O2/c1-3-10-19(11-12-20)17(21)18-16-13(2)8-9-14-6-4-5-7-15(14)16/h3-7,13,16,20H,1,8-12H2,2H3,(H,18,21). The number of benzene rings is 1. The zero-order valence-corrected chi connectivity index (χ0v) is 12.6. The number of hydrogen-bond donors (Lipinski definition) is 2. The lowest BCUT2D eigenvalue weighted by atomic mass is 9.81. The zero-order valence-electron chi connectivity index (χ0n) is 12.6. The Labute approximate surface area is 126 Å². The van der Waals surface area contributed by atoms with Crippen molar-refractivity contribution in [3.63, 3.8) is 0 Å². The van der Waals surface area contributed by atoms with E-state index in [4.69, 9.17) is 5.11 Å². The van der Waals surface area contributed by atoms with Gasteiger partial charge in [-0.25, -0.2) is 4.79 Å². The number of aryl methyl sites for hydroxylation is 1. The molecule has 0 saturated heterocycles. The summed E-state index contributed by atoms with van der Waals surface area (Å²) in [6.07, 6.45) is 3.81. The molecule has 0 saturated carbocycles. The third-order valence-corrected chi connectivity index (χ3v) is 4.11. The highest BCUT2D eigenvalue weighted by molar-refractivity contribution is 5.75. The molecule has 2 atom stereocenters. The van der Waals surface area contributed by atoms with Crippen molar-refractivity contribution in [1.82, 2.24) is 10.2 Å². The van der Waals surface area contributed by atoms with Crippen molar-refractivity contribution in [1.29, 1.82) is 0 Å². The summed E-state index contributed by atoms with van der Waals surface area (Å²) >= 11 is 0. The van der Waals surface area contributed by atoms with Crippen LogP contribution >= 0.6 is 0 Å². The zero-order chi connectivity index (χ0) is 15.2. The van der Waals surface area contributed by atoms with E-state index in [9.17, 15) is 4.79 Å². The first-order chi connectivity index (χ1) is 10.2. The second-order valence-corrected chi connectivity index (χ2v) is 5.60. The molecule has 0 fully saturated rings. The highest BCUT2D eigenvalue weighted by atomic mass is 16.3. The fourth-order valence-electron chi connectivity index (χ4n) is 2.92. The van der Waals surface area contributed by atoms with Crippen LogP contribution in [0.25, 0.3) is 0 Å². The number of aliphatic hydroxyl groups is 1. The molecule has 2 rings (SSSR count). The molecule has 4 heteroatoms. The lowest BCUT2D eigenvalue weighted by Crippen LogP contribution is -2.45. The van der Waals surface area contributed by atoms with Crippen molar-refractivity contribution in [2.24, 2.45) is 5.92 Å². The van der Waals surface area contributed by atoms with Crippen LogP contribution in [0.5, 0.6) is 0 Å². The number of aliphatic hydroxyl groups excluding tert-OH is 1. The summed E-state index contributed by atoms with van der Waals surface area (Å²) in [5.41, 5.74) is 2.53. The van der Waals surface area contributed by atoms with Crippen LogP contribution in [0.2, 0.25) is 0 Å². The molecule has 4 nitrogen and oxygen atoms in total. The molecule has 0 radical (unpaired) electrons. The van der Waals surface area contributed by atoms with Gasteiger partial charge in [-0.05, 0) is 29.9 Å². The summed E-state index contributed by atoms with van der Waals surface area (Å²) in [6.45, 7) is 6.55. The van der Waals surface area contributed by atoms with Crippen molar-refractivity contribution in [3.05, 3.63) is 48.0 Å². The van der Waals surface area contributed by atoms with E-state index >= 15 is 0 Å². The van der Waals surface area contributed by atoms with Crippen LogP contribution in [-0.2, 0) is 6.42 Å². The molecule has 2 amide bonds. The number of nitrogens with zero attached hydrogens (tertiary/aromatic N) is 1. The number of carbonyl (C=O) groups is 1. The molecule has 0 aliphatic heterocycles. The third kappa shape index (κ3) is 3.64. The average Bonchev–Trinajstić information content (AvgIpc) is 2.50. The summed E-state index contributed by atoms with van der Waals surface area (Å²) in [4.78, 5) is 14.0. The van der Waals surface area contributed by atoms with Crippen molar-refractivity contribution in [2.45, 2.75) is 25.8 Å². The molecular weight excluding hydrogens is 264 g/mol. The van der Waals surface area contributed by atoms with Crippen LogP contribution in [-0.4, -0.2) is 35.7 Å². The number of carbonyl (C=O) groups excluding carboxylic acids is 1. The van der Waals surface area contributed by atoms with Crippen LogP contribution in [0.1, 0.15) is 30.5 Å². The highest BCUT2D eigenvalue weighted by Gasteiger charge is 2.28. The molecule has 1 aromatic carbocycles. The fraction of sp³-hybridized carbons (Fsp3) is 0.471. The molecule has 2 unspecified atom stereocenters. The van der Waals surface area contributed by atoms with Crippen molar-refractivity contribution in [2.75, 3.05) is 19.7 Å². The maximum absolute atomic E-state index is 12.4. The SMILES string of the molecule is C=CCN(CCO)C(=O)NC1c2ccccc2CCC1C. The molecule has 1 aromatic rings. The van der Waals surface area contributed by atoms with E-state index in [0.717, 1.165) is 12.8 Å². The molecule has 1 aliphatic rings. The lowest BCUT2D eigenvalue weighted by Gasteiger charge is -2.33. The molecule has 114 valence electrons. The van der Waals surface area contributed by atoms with Gasteiger partial charge in [0.15, 0.2) is 0 Å². The molecule has 0 spiro atoms. The highest BCUT2D eigenvalue weighted by Crippen LogP contribution is 2.34. The van der Waals surface area contributed by atoms with Gasteiger partial charge in [-0.15, -0.1) is 6.58 Å². The Hall–Kier alpha value is -1.81. The number of rotatable bonds is 5. The number of fused-ring (bicyclic) bond motifs is 1. The summed E-state index contributed by atoms with van der Waals surface area (Å²) in [6, 6.07) is 8.19. The Bertz CT molecular complexity index is 501. The van der Waals surface area contributed by atoms with Gasteiger partial charge in [0.05, 0.1) is 12.6 Å². The Morgan fingerprint density at radius 2 is 2.29 bits per heavy atom. The lowest BCUT2D eigenvalue weighted by molar-refractivity contribution is 0.175. The van der Waals surface area contributed by atoms with Crippen molar-refractivity contribution < 1.29 is 9.90 Å². The van der Waals surface area contributed by atoms with Gasteiger partial charge in [0, 0.05) is 13.1 Å². The van der Waals surface area contributed by atoms with E-state index in [1.807, 2.05) is 12.1 Å². The second kappa shape index (κ2) is 7.27. The maximum atomic E-state index is 12.4. The van der Waals surface area contributed by atoms with Gasteiger partial charge in [-0.1, -0.05) is 37.3 Å². The van der Waals surface area contributed by atoms with Gasteiger partial charge in [0.1, 0.15) is 0 Å². The maximum Gasteiger partial charge on any atom is 0.318 e. The van der Waals surface area contributed by atoms with E-state index in [0.29, 0.717) is 19.0 Å². The Morgan fingerprint density at radius 3 is 3.00 bits per heavy atom. The number of urea groups is 1. The monoisotopic (exact) mass is 288 g/mol. The average molecular weight is 288 g/mol. The minimum Gasteiger partial charge on any atom is -0.395 e. The van der Waals surface area contributed by atoms with Gasteiger partial charge in [-0.3, -0.25) is 0 Å². The summed E-state index contributed by atoms with van der Waals surface area (Å²) in [7, 11) is 0. The van der Waals surface area contributed by atoms with Crippen LogP contribution in [0, 0.1) is 5.92 Å². The van der Waals surface area contributed by atoms with E-state index in [1.165, 1.54) is 11.1 Å². The molecule has 21 heavy (non-hydrogen) atoms. The largest absolute Gasteiger partial charge is 0.395 e. The molecule has 1 aliphatic carbocycles. The summed E-state index contributed by atoms with van der Waals surface area (Å²) in [5, 5.41) is 12.2. The Morgan fingerprint density at radius 1 is 1.52 bits per heavy atom. The molecule has 0 heterocycles. The van der Waals surface area contributed by atoms with Crippen LogP contribution in [0.3, 0.4) is 0 Å². The van der Waals surface area contributed by atoms with E-state index in [2.05, 4.69) is 31.0 Å². The second-order valence-electron chi connectivity index (χ2n) is 5.60. The summed E-state index contributed by atoms with van der Waals surface area (Å²) in [5.74, 6) is 0.406. The van der Waals surface area contributed by atoms with Crippen molar-refractivity contribution >= 4 is 6.03 Å². The van der Waals surface area contributed by atoms with Crippen LogP contribution < -0.4 is 5.32 Å².